The van der Waals surface area contributed by atoms with E-state index in [1.807, 2.05) is 48.5 Å². The van der Waals surface area contributed by atoms with E-state index < -0.39 is 0 Å². The SMILES string of the molecule is CC(C)(C)c1cc(C=Nc2ccc(-c3ccc(N=Cc4cc(C(C)(C)C)cc(C(C)(C)C)c4O)c(N=Cc4cc(Cl)cc(Cl)c4O)c3)cc2N=Cc2cc(Cl)cc(Cl)c2O)c(O)c(C(C)(C)C)c1. The van der Waals surface area contributed by atoms with E-state index in [-0.39, 0.29) is 54.7 Å². The Kier molecular flexibility index (Phi) is 15.0. The average Bonchev–Trinajstić information content (AvgIpc) is 3.23. The van der Waals surface area contributed by atoms with Crippen molar-refractivity contribution in [1.29, 1.82) is 0 Å². The molecule has 0 saturated carbocycles. The van der Waals surface area contributed by atoms with E-state index in [2.05, 4.69) is 95.2 Å². The number of aliphatic imine (C=N–C) groups is 4. The van der Waals surface area contributed by atoms with Crippen LogP contribution >= 0.6 is 46.4 Å². The third kappa shape index (κ3) is 12.1. The van der Waals surface area contributed by atoms with Gasteiger partial charge in [0.15, 0.2) is 0 Å². The molecule has 0 atom stereocenters. The van der Waals surface area contributed by atoms with Gasteiger partial charge in [0.25, 0.3) is 0 Å². The minimum Gasteiger partial charge on any atom is -0.507 e. The van der Waals surface area contributed by atoms with Gasteiger partial charge in [-0.25, -0.2) is 0 Å². The summed E-state index contributed by atoms with van der Waals surface area (Å²) >= 11 is 25.2. The third-order valence-electron chi connectivity index (χ3n) is 11.4. The minimum atomic E-state index is -0.342. The monoisotopic (exact) mass is 990 g/mol. The van der Waals surface area contributed by atoms with E-state index in [9.17, 15) is 20.4 Å². The molecule has 0 bridgehead atoms. The molecule has 0 radical (unpaired) electrons. The average molecular weight is 993 g/mol. The van der Waals surface area contributed by atoms with Crippen LogP contribution in [0.1, 0.15) is 128 Å². The van der Waals surface area contributed by atoms with Gasteiger partial charge in [0.2, 0.25) is 0 Å². The number of halogens is 4. The Morgan fingerprint density at radius 1 is 0.353 bits per heavy atom. The van der Waals surface area contributed by atoms with E-state index in [4.69, 9.17) is 66.4 Å². The summed E-state index contributed by atoms with van der Waals surface area (Å²) in [6, 6.07) is 25.1. The number of benzene rings is 6. The Hall–Kier alpha value is -5.64. The van der Waals surface area contributed by atoms with Gasteiger partial charge in [-0.15, -0.1) is 0 Å². The second-order valence-corrected chi connectivity index (χ2v) is 22.7. The fraction of sp³-hybridized carbons (Fsp3) is 0.286. The van der Waals surface area contributed by atoms with Crippen molar-refractivity contribution in [3.8, 4) is 34.1 Å². The molecule has 354 valence electrons. The quantitative estimate of drug-likeness (QED) is 0.107. The summed E-state index contributed by atoms with van der Waals surface area (Å²) in [5.74, 6) is -0.0763. The van der Waals surface area contributed by atoms with Crippen molar-refractivity contribution in [3.63, 3.8) is 0 Å². The molecule has 0 saturated heterocycles. The van der Waals surface area contributed by atoms with Gasteiger partial charge >= 0.3 is 0 Å². The van der Waals surface area contributed by atoms with Crippen LogP contribution in [0.25, 0.3) is 11.1 Å². The smallest absolute Gasteiger partial charge is 0.143 e. The first-order valence-corrected chi connectivity index (χ1v) is 23.6. The molecule has 68 heavy (non-hydrogen) atoms. The molecule has 0 aromatic heterocycles. The molecule has 8 nitrogen and oxygen atoms in total. The number of phenols is 4. The molecule has 0 unspecified atom stereocenters. The number of hydrogen-bond acceptors (Lipinski definition) is 8. The van der Waals surface area contributed by atoms with E-state index >= 15 is 0 Å². The molecule has 0 aliphatic carbocycles. The van der Waals surface area contributed by atoms with Crippen molar-refractivity contribution < 1.29 is 20.4 Å². The van der Waals surface area contributed by atoms with E-state index in [1.165, 1.54) is 24.6 Å². The lowest BCUT2D eigenvalue weighted by atomic mass is 9.79. The molecule has 12 heteroatoms. The first-order chi connectivity index (χ1) is 31.5. The molecule has 6 aromatic rings. The van der Waals surface area contributed by atoms with Gasteiger partial charge in [0, 0.05) is 68.3 Å². The van der Waals surface area contributed by atoms with Crippen LogP contribution in [-0.2, 0) is 21.7 Å². The molecular formula is C56H58Cl4N4O4. The van der Waals surface area contributed by atoms with Gasteiger partial charge in [-0.1, -0.05) is 154 Å². The summed E-state index contributed by atoms with van der Waals surface area (Å²) in [4.78, 5) is 19.4. The Balaban J connectivity index is 1.53. The zero-order valence-electron chi connectivity index (χ0n) is 40.5. The maximum atomic E-state index is 11.6. The van der Waals surface area contributed by atoms with Crippen LogP contribution in [0, 0.1) is 0 Å². The molecule has 0 spiro atoms. The Bertz CT molecular complexity index is 2830. The van der Waals surface area contributed by atoms with Gasteiger partial charge in [-0.3, -0.25) is 20.0 Å². The standard InChI is InChI=1S/C56H58Cl4N4O4/c1-53(2,3)37-17-33(49(65)41(23-37)55(7,8)9)27-61-45-15-13-31(21-47(45)63-29-35-19-39(57)25-43(59)51(35)67)32-14-16-46(48(22-32)64-30-36-20-40(58)26-44(60)52(36)68)62-28-34-18-38(54(4,5)6)24-42(50(34)66)56(10,11)12/h13-30,65-68H,1-12H3. The molecule has 0 amide bonds. The van der Waals surface area contributed by atoms with E-state index in [1.54, 1.807) is 24.6 Å². The maximum Gasteiger partial charge on any atom is 0.143 e. The molecule has 0 fully saturated rings. The number of aromatic hydroxyl groups is 4. The highest BCUT2D eigenvalue weighted by Crippen LogP contribution is 2.42. The predicted molar refractivity (Wildman–Crippen MR) is 288 cm³/mol. The minimum absolute atomic E-state index is 0.0748. The van der Waals surface area contributed by atoms with Gasteiger partial charge in [-0.2, -0.15) is 0 Å². The second kappa shape index (κ2) is 19.8. The van der Waals surface area contributed by atoms with Crippen LogP contribution in [0.2, 0.25) is 20.1 Å². The van der Waals surface area contributed by atoms with Gasteiger partial charge in [0.05, 0.1) is 32.8 Å². The van der Waals surface area contributed by atoms with Crippen molar-refractivity contribution in [2.75, 3.05) is 0 Å². The van der Waals surface area contributed by atoms with Crippen LogP contribution in [0.15, 0.2) is 105 Å². The lowest BCUT2D eigenvalue weighted by Crippen LogP contribution is -2.17. The maximum absolute atomic E-state index is 11.6. The predicted octanol–water partition coefficient (Wildman–Crippen LogP) is 17.0. The highest BCUT2D eigenvalue weighted by Gasteiger charge is 2.26. The zero-order chi connectivity index (χ0) is 50.3. The molecule has 6 aromatic carbocycles. The number of phenolic OH excluding ortho intramolecular Hbond substituents is 4. The fourth-order valence-electron chi connectivity index (χ4n) is 7.28. The number of hydrogen-bond donors (Lipinski definition) is 4. The summed E-state index contributed by atoms with van der Waals surface area (Å²) < 4.78 is 0. The third-order valence-corrected chi connectivity index (χ3v) is 12.4. The van der Waals surface area contributed by atoms with Crippen LogP contribution < -0.4 is 0 Å². The summed E-state index contributed by atoms with van der Waals surface area (Å²) in [5.41, 5.74) is 7.55. The van der Waals surface area contributed by atoms with Crippen molar-refractivity contribution in [2.24, 2.45) is 20.0 Å². The Labute approximate surface area is 420 Å². The van der Waals surface area contributed by atoms with Crippen LogP contribution in [-0.4, -0.2) is 45.3 Å². The first kappa shape index (κ1) is 51.7. The lowest BCUT2D eigenvalue weighted by molar-refractivity contribution is 0.443. The molecule has 0 aliphatic rings. The molecule has 0 heterocycles. The molecule has 0 aliphatic heterocycles. The molecular weight excluding hydrogens is 934 g/mol. The van der Waals surface area contributed by atoms with Gasteiger partial charge in [0.1, 0.15) is 23.0 Å². The molecule has 4 N–H and O–H groups in total. The summed E-state index contributed by atoms with van der Waals surface area (Å²) in [7, 11) is 0. The van der Waals surface area contributed by atoms with Crippen molar-refractivity contribution in [2.45, 2.75) is 105 Å². The lowest BCUT2D eigenvalue weighted by Gasteiger charge is -2.27. The first-order valence-electron chi connectivity index (χ1n) is 22.1. The van der Waals surface area contributed by atoms with Crippen molar-refractivity contribution >= 4 is 94.0 Å². The van der Waals surface area contributed by atoms with Crippen molar-refractivity contribution in [1.82, 2.24) is 0 Å². The highest BCUT2D eigenvalue weighted by molar-refractivity contribution is 6.36. The van der Waals surface area contributed by atoms with E-state index in [0.29, 0.717) is 55.0 Å². The Morgan fingerprint density at radius 3 is 0.971 bits per heavy atom. The molecule has 6 rings (SSSR count). The van der Waals surface area contributed by atoms with Crippen LogP contribution in [0.5, 0.6) is 23.0 Å². The fourth-order valence-corrected chi connectivity index (χ4v) is 8.29. The summed E-state index contributed by atoms with van der Waals surface area (Å²) in [6.45, 7) is 25.1. The zero-order valence-corrected chi connectivity index (χ0v) is 43.5. The second-order valence-electron chi connectivity index (χ2n) is 21.0. The van der Waals surface area contributed by atoms with Gasteiger partial charge < -0.3 is 20.4 Å². The number of rotatable bonds is 9. The van der Waals surface area contributed by atoms with Crippen molar-refractivity contribution in [3.05, 3.63) is 150 Å². The van der Waals surface area contributed by atoms with Crippen LogP contribution in [0.4, 0.5) is 22.7 Å². The topological polar surface area (TPSA) is 130 Å². The Morgan fingerprint density at radius 2 is 0.662 bits per heavy atom. The van der Waals surface area contributed by atoms with E-state index in [0.717, 1.165) is 33.4 Å². The highest BCUT2D eigenvalue weighted by atomic mass is 35.5. The normalized spacial score (nSPS) is 13.0. The largest absolute Gasteiger partial charge is 0.507 e. The summed E-state index contributed by atoms with van der Waals surface area (Å²) in [6.07, 6.45) is 6.20. The number of nitrogens with zero attached hydrogens (tertiary/aromatic N) is 4. The van der Waals surface area contributed by atoms with Gasteiger partial charge in [-0.05, 0) is 105 Å². The summed E-state index contributed by atoms with van der Waals surface area (Å²) in [5, 5.41) is 45.6. The van der Waals surface area contributed by atoms with Crippen LogP contribution in [0.3, 0.4) is 0 Å².